The first-order chi connectivity index (χ1) is 10.0. The summed E-state index contributed by atoms with van der Waals surface area (Å²) in [6, 6.07) is 15.2. The molecular weight excluding hydrogens is 342 g/mol. The van der Waals surface area contributed by atoms with Crippen molar-refractivity contribution in [2.45, 2.75) is 37.1 Å². The van der Waals surface area contributed by atoms with E-state index in [0.717, 1.165) is 17.6 Å². The summed E-state index contributed by atoms with van der Waals surface area (Å²) < 4.78 is 1.14. The van der Waals surface area contributed by atoms with Crippen LogP contribution in [0.3, 0.4) is 0 Å². The molecule has 0 atom stereocenters. The molecule has 3 heteroatoms. The van der Waals surface area contributed by atoms with Crippen LogP contribution in [0.4, 0.5) is 0 Å². The topological polar surface area (TPSA) is 12.0 Å². The van der Waals surface area contributed by atoms with Crippen LogP contribution in [-0.2, 0) is 6.54 Å². The van der Waals surface area contributed by atoms with Gasteiger partial charge in [0.2, 0.25) is 0 Å². The highest BCUT2D eigenvalue weighted by atomic mass is 79.9. The van der Waals surface area contributed by atoms with Crippen molar-refractivity contribution in [2.24, 2.45) is 5.92 Å². The van der Waals surface area contributed by atoms with Gasteiger partial charge in [0.05, 0.1) is 0 Å². The fourth-order valence-electron chi connectivity index (χ4n) is 2.01. The van der Waals surface area contributed by atoms with E-state index < -0.39 is 0 Å². The molecule has 2 aromatic rings. The first kappa shape index (κ1) is 16.6. The monoisotopic (exact) mass is 363 g/mol. The molecule has 0 aliphatic rings. The van der Waals surface area contributed by atoms with Gasteiger partial charge in [0, 0.05) is 20.8 Å². The van der Waals surface area contributed by atoms with Crippen LogP contribution in [-0.4, -0.2) is 6.54 Å². The number of hydrogen-bond donors (Lipinski definition) is 1. The quantitative estimate of drug-likeness (QED) is 0.710. The van der Waals surface area contributed by atoms with Gasteiger partial charge in [-0.3, -0.25) is 0 Å². The van der Waals surface area contributed by atoms with Gasteiger partial charge >= 0.3 is 0 Å². The molecule has 0 aliphatic heterocycles. The van der Waals surface area contributed by atoms with Gasteiger partial charge in [0.15, 0.2) is 0 Å². The first-order valence-electron chi connectivity index (χ1n) is 7.28. The Morgan fingerprint density at radius 3 is 2.48 bits per heavy atom. The summed E-state index contributed by atoms with van der Waals surface area (Å²) >= 11 is 5.40. The van der Waals surface area contributed by atoms with Crippen molar-refractivity contribution in [2.75, 3.05) is 6.54 Å². The van der Waals surface area contributed by atoms with E-state index in [0.29, 0.717) is 5.92 Å². The highest BCUT2D eigenvalue weighted by Gasteiger charge is 2.06. The highest BCUT2D eigenvalue weighted by molar-refractivity contribution is 9.10. The Hall–Kier alpha value is -0.770. The molecule has 0 saturated carbocycles. The molecule has 0 aliphatic carbocycles. The van der Waals surface area contributed by atoms with Crippen molar-refractivity contribution < 1.29 is 0 Å². The maximum absolute atomic E-state index is 3.58. The van der Waals surface area contributed by atoms with Crippen LogP contribution in [0.5, 0.6) is 0 Å². The lowest BCUT2D eigenvalue weighted by molar-refractivity contribution is 0.550. The zero-order valence-corrected chi connectivity index (χ0v) is 15.2. The fraction of sp³-hybridized carbons (Fsp3) is 0.333. The summed E-state index contributed by atoms with van der Waals surface area (Å²) in [5, 5.41) is 3.53. The predicted octanol–water partition coefficient (Wildman–Crippen LogP) is 5.65. The molecule has 0 aromatic heterocycles. The van der Waals surface area contributed by atoms with E-state index in [-0.39, 0.29) is 0 Å². The van der Waals surface area contributed by atoms with Crippen LogP contribution < -0.4 is 5.32 Å². The molecule has 2 rings (SSSR count). The Labute approximate surface area is 140 Å². The van der Waals surface area contributed by atoms with Crippen LogP contribution in [0.2, 0.25) is 0 Å². The smallest absolute Gasteiger partial charge is 0.0217 e. The molecule has 0 amide bonds. The fourth-order valence-corrected chi connectivity index (χ4v) is 3.35. The Balaban J connectivity index is 2.12. The zero-order chi connectivity index (χ0) is 15.2. The molecule has 0 unspecified atom stereocenters. The summed E-state index contributed by atoms with van der Waals surface area (Å²) in [6.07, 6.45) is 0. The normalized spacial score (nSPS) is 11.1. The molecular formula is C18H22BrNS. The third-order valence-corrected chi connectivity index (χ3v) is 4.76. The van der Waals surface area contributed by atoms with Crippen LogP contribution in [0, 0.1) is 12.8 Å². The highest BCUT2D eigenvalue weighted by Crippen LogP contribution is 2.32. The standard InChI is InChI=1S/C18H22BrNS/c1-13(2)11-20-12-15-10-16(19)6-9-18(15)21-17-7-4-14(3)5-8-17/h4-10,13,20H,11-12H2,1-3H3. The number of hydrogen-bond acceptors (Lipinski definition) is 2. The van der Waals surface area contributed by atoms with Crippen LogP contribution in [0.25, 0.3) is 0 Å². The second-order valence-electron chi connectivity index (χ2n) is 5.69. The van der Waals surface area contributed by atoms with Crippen molar-refractivity contribution in [3.8, 4) is 0 Å². The summed E-state index contributed by atoms with van der Waals surface area (Å²) in [4.78, 5) is 2.60. The number of benzene rings is 2. The second kappa shape index (κ2) is 8.02. The summed E-state index contributed by atoms with van der Waals surface area (Å²) in [7, 11) is 0. The Morgan fingerprint density at radius 2 is 1.81 bits per heavy atom. The van der Waals surface area contributed by atoms with Crippen molar-refractivity contribution in [3.63, 3.8) is 0 Å². The van der Waals surface area contributed by atoms with Gasteiger partial charge in [-0.05, 0) is 55.3 Å². The van der Waals surface area contributed by atoms with Gasteiger partial charge < -0.3 is 5.32 Å². The molecule has 0 radical (unpaired) electrons. The van der Waals surface area contributed by atoms with Crippen LogP contribution in [0.15, 0.2) is 56.7 Å². The van der Waals surface area contributed by atoms with Gasteiger partial charge in [-0.1, -0.05) is 59.2 Å². The molecule has 0 fully saturated rings. The SMILES string of the molecule is Cc1ccc(Sc2ccc(Br)cc2CNCC(C)C)cc1. The van der Waals surface area contributed by atoms with Crippen molar-refractivity contribution in [3.05, 3.63) is 58.1 Å². The predicted molar refractivity (Wildman–Crippen MR) is 96.0 cm³/mol. The molecule has 0 heterocycles. The van der Waals surface area contributed by atoms with Crippen LogP contribution in [0.1, 0.15) is 25.0 Å². The lowest BCUT2D eigenvalue weighted by Gasteiger charge is -2.12. The third kappa shape index (κ3) is 5.50. The minimum absolute atomic E-state index is 0.672. The average molecular weight is 364 g/mol. The molecule has 0 spiro atoms. The minimum atomic E-state index is 0.672. The van der Waals surface area contributed by atoms with E-state index in [1.54, 1.807) is 0 Å². The zero-order valence-electron chi connectivity index (χ0n) is 12.8. The van der Waals surface area contributed by atoms with E-state index in [1.165, 1.54) is 20.9 Å². The molecule has 2 aromatic carbocycles. The van der Waals surface area contributed by atoms with E-state index in [1.807, 2.05) is 11.8 Å². The Morgan fingerprint density at radius 1 is 1.10 bits per heavy atom. The second-order valence-corrected chi connectivity index (χ2v) is 7.72. The van der Waals surface area contributed by atoms with E-state index in [9.17, 15) is 0 Å². The Bertz CT molecular complexity index is 578. The third-order valence-electron chi connectivity index (χ3n) is 3.14. The summed E-state index contributed by atoms with van der Waals surface area (Å²) in [5.41, 5.74) is 2.64. The minimum Gasteiger partial charge on any atom is -0.312 e. The molecule has 1 nitrogen and oxygen atoms in total. The number of aryl methyl sites for hydroxylation is 1. The largest absolute Gasteiger partial charge is 0.312 e. The first-order valence-corrected chi connectivity index (χ1v) is 8.89. The Kier molecular flexibility index (Phi) is 6.34. The molecule has 0 bridgehead atoms. The van der Waals surface area contributed by atoms with E-state index >= 15 is 0 Å². The lowest BCUT2D eigenvalue weighted by atomic mass is 10.2. The molecule has 1 N–H and O–H groups in total. The van der Waals surface area contributed by atoms with E-state index in [4.69, 9.17) is 0 Å². The molecule has 0 saturated heterocycles. The molecule has 21 heavy (non-hydrogen) atoms. The number of nitrogens with one attached hydrogen (secondary N) is 1. The van der Waals surface area contributed by atoms with Gasteiger partial charge in [0.25, 0.3) is 0 Å². The van der Waals surface area contributed by atoms with Crippen molar-refractivity contribution >= 4 is 27.7 Å². The van der Waals surface area contributed by atoms with Crippen molar-refractivity contribution in [1.29, 1.82) is 0 Å². The van der Waals surface area contributed by atoms with Crippen LogP contribution >= 0.6 is 27.7 Å². The lowest BCUT2D eigenvalue weighted by Crippen LogP contribution is -2.19. The molecule has 112 valence electrons. The van der Waals surface area contributed by atoms with E-state index in [2.05, 4.69) is 84.5 Å². The average Bonchev–Trinajstić information content (AvgIpc) is 2.43. The van der Waals surface area contributed by atoms with Crippen molar-refractivity contribution in [1.82, 2.24) is 5.32 Å². The maximum Gasteiger partial charge on any atom is 0.0217 e. The maximum atomic E-state index is 3.58. The number of halogens is 1. The van der Waals surface area contributed by atoms with Gasteiger partial charge in [0.1, 0.15) is 0 Å². The van der Waals surface area contributed by atoms with Gasteiger partial charge in [-0.2, -0.15) is 0 Å². The van der Waals surface area contributed by atoms with Gasteiger partial charge in [-0.25, -0.2) is 0 Å². The summed E-state index contributed by atoms with van der Waals surface area (Å²) in [5.74, 6) is 0.672. The summed E-state index contributed by atoms with van der Waals surface area (Å²) in [6.45, 7) is 8.54. The van der Waals surface area contributed by atoms with Gasteiger partial charge in [-0.15, -0.1) is 0 Å². The number of rotatable bonds is 6.